The van der Waals surface area contributed by atoms with Crippen LogP contribution in [0.4, 0.5) is 0 Å². The van der Waals surface area contributed by atoms with E-state index in [1.54, 1.807) is 0 Å². The van der Waals surface area contributed by atoms with Gasteiger partial charge in [0.15, 0.2) is 0 Å². The lowest BCUT2D eigenvalue weighted by Crippen LogP contribution is -2.23. The van der Waals surface area contributed by atoms with Crippen LogP contribution >= 0.6 is 0 Å². The molecule has 0 aliphatic rings. The van der Waals surface area contributed by atoms with Crippen molar-refractivity contribution in [3.63, 3.8) is 0 Å². The maximum absolute atomic E-state index is 7.98. The fourth-order valence-corrected chi connectivity index (χ4v) is 1.79. The molecule has 0 aliphatic carbocycles. The van der Waals surface area contributed by atoms with Gasteiger partial charge in [-0.3, -0.25) is 0 Å². The van der Waals surface area contributed by atoms with Crippen molar-refractivity contribution in [2.75, 3.05) is 0 Å². The summed E-state index contributed by atoms with van der Waals surface area (Å²) < 4.78 is 0. The van der Waals surface area contributed by atoms with Crippen LogP contribution in [0.15, 0.2) is 18.4 Å². The molecule has 0 heterocycles. The van der Waals surface area contributed by atoms with Gasteiger partial charge in [0.2, 0.25) is 0 Å². The van der Waals surface area contributed by atoms with Crippen molar-refractivity contribution in [1.29, 1.82) is 5.41 Å². The zero-order valence-electron chi connectivity index (χ0n) is 10.8. The largest absolute Gasteiger partial charge is 0.328 e. The summed E-state index contributed by atoms with van der Waals surface area (Å²) in [4.78, 5) is 0. The number of unbranched alkanes of at least 4 members (excludes halogenated alkanes) is 3. The minimum absolute atomic E-state index is 0.0730. The van der Waals surface area contributed by atoms with Crippen molar-refractivity contribution in [2.24, 2.45) is 11.7 Å². The van der Waals surface area contributed by atoms with Gasteiger partial charge < -0.3 is 11.1 Å². The molecule has 0 saturated heterocycles. The first-order valence-corrected chi connectivity index (χ1v) is 6.30. The zero-order chi connectivity index (χ0) is 12.4. The third kappa shape index (κ3) is 7.44. The molecule has 0 fully saturated rings. The predicted molar refractivity (Wildman–Crippen MR) is 72.0 cm³/mol. The van der Waals surface area contributed by atoms with Gasteiger partial charge in [-0.25, -0.2) is 0 Å². The number of rotatable bonds is 9. The molecule has 3 N–H and O–H groups in total. The molecule has 0 aromatic heterocycles. The quantitative estimate of drug-likeness (QED) is 0.349. The molecule has 0 radical (unpaired) electrons. The number of allylic oxidation sites excluding steroid dienone is 1. The summed E-state index contributed by atoms with van der Waals surface area (Å²) in [5.41, 5.74) is 9.24. The summed E-state index contributed by atoms with van der Waals surface area (Å²) in [7, 11) is 0. The van der Waals surface area contributed by atoms with Gasteiger partial charge in [0, 0.05) is 24.1 Å². The van der Waals surface area contributed by atoms with E-state index in [-0.39, 0.29) is 12.0 Å². The second kappa shape index (κ2) is 9.38. The van der Waals surface area contributed by atoms with Crippen LogP contribution in [-0.4, -0.2) is 11.8 Å². The second-order valence-electron chi connectivity index (χ2n) is 4.53. The van der Waals surface area contributed by atoms with E-state index < -0.39 is 0 Å². The Kier molecular flexibility index (Phi) is 8.88. The predicted octanol–water partition coefficient (Wildman–Crippen LogP) is 3.67. The summed E-state index contributed by atoms with van der Waals surface area (Å²) >= 11 is 0. The molecular weight excluding hydrogens is 196 g/mol. The molecule has 0 spiro atoms. The third-order valence-electron chi connectivity index (χ3n) is 2.68. The Bertz CT molecular complexity index is 237. The van der Waals surface area contributed by atoms with Gasteiger partial charge in [-0.05, 0) is 19.4 Å². The molecule has 0 saturated carbocycles. The Morgan fingerprint density at radius 1 is 1.44 bits per heavy atom. The van der Waals surface area contributed by atoms with Gasteiger partial charge in [-0.15, -0.1) is 5.73 Å². The van der Waals surface area contributed by atoms with Crippen LogP contribution in [0.25, 0.3) is 0 Å². The monoisotopic (exact) mass is 222 g/mol. The molecule has 0 aromatic carbocycles. The number of nitrogens with one attached hydrogen (secondary N) is 1. The van der Waals surface area contributed by atoms with E-state index in [0.717, 1.165) is 12.1 Å². The Hall–Kier alpha value is -0.850. The average Bonchev–Trinajstić information content (AvgIpc) is 2.21. The first-order valence-electron chi connectivity index (χ1n) is 6.30. The minimum atomic E-state index is 0.0730. The van der Waals surface area contributed by atoms with Gasteiger partial charge in [0.25, 0.3) is 0 Å². The number of hydrogen-bond acceptors (Lipinski definition) is 2. The summed E-state index contributed by atoms with van der Waals surface area (Å²) in [6, 6.07) is 0.0730. The maximum atomic E-state index is 7.98. The first kappa shape index (κ1) is 15.2. The van der Waals surface area contributed by atoms with Gasteiger partial charge in [0.05, 0.1) is 0 Å². The highest BCUT2D eigenvalue weighted by atomic mass is 14.6. The van der Waals surface area contributed by atoms with Crippen molar-refractivity contribution in [2.45, 2.75) is 58.4 Å². The molecule has 2 atom stereocenters. The molecule has 2 nitrogen and oxygen atoms in total. The SMILES string of the molecule is C=C=CC(CCCCCC)C(=N)C[C@H](C)N. The van der Waals surface area contributed by atoms with Gasteiger partial charge in [-0.2, -0.15) is 0 Å². The van der Waals surface area contributed by atoms with Crippen LogP contribution in [0.1, 0.15) is 52.4 Å². The fraction of sp³-hybridized carbons (Fsp3) is 0.714. The highest BCUT2D eigenvalue weighted by molar-refractivity contribution is 5.85. The molecule has 0 rings (SSSR count). The second-order valence-corrected chi connectivity index (χ2v) is 4.53. The molecule has 1 unspecified atom stereocenters. The van der Waals surface area contributed by atoms with E-state index in [0.29, 0.717) is 6.42 Å². The van der Waals surface area contributed by atoms with Crippen molar-refractivity contribution < 1.29 is 0 Å². The molecule has 0 bridgehead atoms. The van der Waals surface area contributed by atoms with E-state index in [9.17, 15) is 0 Å². The van der Waals surface area contributed by atoms with Crippen LogP contribution in [-0.2, 0) is 0 Å². The maximum Gasteiger partial charge on any atom is 0.0221 e. The van der Waals surface area contributed by atoms with Gasteiger partial charge in [0.1, 0.15) is 0 Å². The van der Waals surface area contributed by atoms with Gasteiger partial charge in [-0.1, -0.05) is 39.2 Å². The third-order valence-corrected chi connectivity index (χ3v) is 2.68. The van der Waals surface area contributed by atoms with Crippen LogP contribution < -0.4 is 5.73 Å². The van der Waals surface area contributed by atoms with E-state index in [1.165, 1.54) is 25.7 Å². The standard InChI is InChI=1S/C14H26N2/c1-4-6-7-8-10-13(9-5-2)14(16)11-12(3)15/h9,12-13,16H,2,4,6-8,10-11,15H2,1,3H3/t12-,13?/m0/s1. The van der Waals surface area contributed by atoms with Crippen LogP contribution in [0.5, 0.6) is 0 Å². The van der Waals surface area contributed by atoms with Crippen molar-refractivity contribution in [3.05, 3.63) is 18.4 Å². The molecule has 2 heteroatoms. The topological polar surface area (TPSA) is 49.9 Å². The molecule has 0 amide bonds. The summed E-state index contributed by atoms with van der Waals surface area (Å²) in [6.45, 7) is 7.75. The highest BCUT2D eigenvalue weighted by Gasteiger charge is 2.12. The molecular formula is C14H26N2. The first-order chi connectivity index (χ1) is 7.61. The van der Waals surface area contributed by atoms with Crippen LogP contribution in [0, 0.1) is 11.3 Å². The molecule has 0 aromatic rings. The lowest BCUT2D eigenvalue weighted by atomic mass is 9.92. The number of nitrogens with two attached hydrogens (primary N) is 1. The summed E-state index contributed by atoms with van der Waals surface area (Å²) in [6.07, 6.45) is 8.59. The van der Waals surface area contributed by atoms with Crippen LogP contribution in [0.3, 0.4) is 0 Å². The van der Waals surface area contributed by atoms with E-state index in [1.807, 2.05) is 13.0 Å². The lowest BCUT2D eigenvalue weighted by Gasteiger charge is -2.15. The number of hydrogen-bond donors (Lipinski definition) is 2. The average molecular weight is 222 g/mol. The van der Waals surface area contributed by atoms with Crippen LogP contribution in [0.2, 0.25) is 0 Å². The molecule has 0 aliphatic heterocycles. The molecule has 92 valence electrons. The normalized spacial score (nSPS) is 13.9. The van der Waals surface area contributed by atoms with E-state index in [4.69, 9.17) is 11.1 Å². The minimum Gasteiger partial charge on any atom is -0.328 e. The van der Waals surface area contributed by atoms with E-state index in [2.05, 4.69) is 19.2 Å². The Morgan fingerprint density at radius 2 is 2.12 bits per heavy atom. The summed E-state index contributed by atoms with van der Waals surface area (Å²) in [5.74, 6) is 0.195. The molecule has 16 heavy (non-hydrogen) atoms. The van der Waals surface area contributed by atoms with Crippen molar-refractivity contribution in [3.8, 4) is 0 Å². The highest BCUT2D eigenvalue weighted by Crippen LogP contribution is 2.15. The Balaban J connectivity index is 4.05. The fourth-order valence-electron chi connectivity index (χ4n) is 1.79. The lowest BCUT2D eigenvalue weighted by molar-refractivity contribution is 0.594. The zero-order valence-corrected chi connectivity index (χ0v) is 10.8. The smallest absolute Gasteiger partial charge is 0.0221 e. The van der Waals surface area contributed by atoms with Gasteiger partial charge >= 0.3 is 0 Å². The Morgan fingerprint density at radius 3 is 2.62 bits per heavy atom. The van der Waals surface area contributed by atoms with E-state index >= 15 is 0 Å². The van der Waals surface area contributed by atoms with Crippen molar-refractivity contribution >= 4 is 5.71 Å². The van der Waals surface area contributed by atoms with Crippen molar-refractivity contribution in [1.82, 2.24) is 0 Å². The Labute approximate surface area is 100 Å². The summed E-state index contributed by atoms with van der Waals surface area (Å²) in [5, 5.41) is 7.98.